The van der Waals surface area contributed by atoms with E-state index >= 15 is 0 Å². The highest BCUT2D eigenvalue weighted by Crippen LogP contribution is 2.24. The first-order valence-corrected chi connectivity index (χ1v) is 8.63. The molecule has 0 aromatic heterocycles. The van der Waals surface area contributed by atoms with Gasteiger partial charge in [-0.3, -0.25) is 0 Å². The van der Waals surface area contributed by atoms with Crippen molar-refractivity contribution in [2.24, 2.45) is 0 Å². The lowest BCUT2D eigenvalue weighted by molar-refractivity contribution is 0.398. The van der Waals surface area contributed by atoms with Crippen molar-refractivity contribution in [2.75, 3.05) is 14.2 Å². The molecule has 0 atom stereocenters. The van der Waals surface area contributed by atoms with E-state index in [0.29, 0.717) is 17.1 Å². The van der Waals surface area contributed by atoms with E-state index in [1.54, 1.807) is 50.6 Å². The Hall–Kier alpha value is -2.05. The molecule has 0 aliphatic rings. The van der Waals surface area contributed by atoms with Crippen LogP contribution in [-0.2, 0) is 16.6 Å². The quantitative estimate of drug-likeness (QED) is 0.882. The van der Waals surface area contributed by atoms with Gasteiger partial charge in [0.1, 0.15) is 11.5 Å². The molecule has 6 heteroatoms. The van der Waals surface area contributed by atoms with Gasteiger partial charge in [0, 0.05) is 12.1 Å². The molecule has 0 heterocycles. The minimum Gasteiger partial charge on any atom is -0.497 e. The van der Waals surface area contributed by atoms with Crippen LogP contribution in [0.2, 0.25) is 0 Å². The molecule has 0 aliphatic heterocycles. The molecule has 124 valence electrons. The largest absolute Gasteiger partial charge is 0.497 e. The van der Waals surface area contributed by atoms with Crippen molar-refractivity contribution in [2.45, 2.75) is 25.3 Å². The number of sulfonamides is 1. The van der Waals surface area contributed by atoms with Crippen molar-refractivity contribution >= 4 is 10.0 Å². The summed E-state index contributed by atoms with van der Waals surface area (Å²) in [6.45, 7) is 3.95. The van der Waals surface area contributed by atoms with E-state index < -0.39 is 10.0 Å². The summed E-state index contributed by atoms with van der Waals surface area (Å²) in [5, 5.41) is 0. The minimum atomic E-state index is -3.59. The van der Waals surface area contributed by atoms with E-state index in [9.17, 15) is 8.42 Å². The Labute approximate surface area is 137 Å². The summed E-state index contributed by atoms with van der Waals surface area (Å²) < 4.78 is 37.9. The van der Waals surface area contributed by atoms with Gasteiger partial charge in [-0.15, -0.1) is 0 Å². The molecule has 2 aromatic rings. The third kappa shape index (κ3) is 4.03. The maximum absolute atomic E-state index is 12.4. The van der Waals surface area contributed by atoms with E-state index in [0.717, 1.165) is 11.1 Å². The standard InChI is InChI=1S/C17H21NO4S/c1-12-5-7-16(9-13(12)2)23(19,20)18-11-14-10-15(21-3)6-8-17(14)22-4/h5-10,18H,11H2,1-4H3. The Morgan fingerprint density at radius 1 is 0.957 bits per heavy atom. The maximum Gasteiger partial charge on any atom is 0.240 e. The fourth-order valence-corrected chi connectivity index (χ4v) is 3.25. The second kappa shape index (κ2) is 7.02. The van der Waals surface area contributed by atoms with Crippen molar-refractivity contribution in [3.63, 3.8) is 0 Å². The molecule has 2 aromatic carbocycles. The van der Waals surface area contributed by atoms with Crippen LogP contribution in [0.25, 0.3) is 0 Å². The molecule has 2 rings (SSSR count). The zero-order valence-corrected chi connectivity index (χ0v) is 14.5. The predicted octanol–water partition coefficient (Wildman–Crippen LogP) is 2.80. The van der Waals surface area contributed by atoms with Crippen LogP contribution in [-0.4, -0.2) is 22.6 Å². The first-order valence-electron chi connectivity index (χ1n) is 7.15. The van der Waals surface area contributed by atoms with Gasteiger partial charge in [0.15, 0.2) is 0 Å². The number of hydrogen-bond acceptors (Lipinski definition) is 4. The van der Waals surface area contributed by atoms with Crippen LogP contribution < -0.4 is 14.2 Å². The number of aryl methyl sites for hydroxylation is 2. The van der Waals surface area contributed by atoms with Gasteiger partial charge in [0.25, 0.3) is 0 Å². The zero-order chi connectivity index (χ0) is 17.0. The molecular formula is C17H21NO4S. The first kappa shape index (κ1) is 17.3. The summed E-state index contributed by atoms with van der Waals surface area (Å²) in [5.74, 6) is 1.25. The third-order valence-electron chi connectivity index (χ3n) is 3.73. The van der Waals surface area contributed by atoms with Gasteiger partial charge in [0.2, 0.25) is 10.0 Å². The molecule has 0 aliphatic carbocycles. The summed E-state index contributed by atoms with van der Waals surface area (Å²) in [7, 11) is -0.484. The Kier molecular flexibility index (Phi) is 5.28. The molecule has 0 bridgehead atoms. The van der Waals surface area contributed by atoms with Crippen LogP contribution in [0.4, 0.5) is 0 Å². The Morgan fingerprint density at radius 3 is 2.30 bits per heavy atom. The normalized spacial score (nSPS) is 11.3. The third-order valence-corrected chi connectivity index (χ3v) is 5.13. The topological polar surface area (TPSA) is 64.6 Å². The highest BCUT2D eigenvalue weighted by atomic mass is 32.2. The van der Waals surface area contributed by atoms with Crippen molar-refractivity contribution in [1.82, 2.24) is 4.72 Å². The van der Waals surface area contributed by atoms with Crippen LogP contribution in [0.3, 0.4) is 0 Å². The van der Waals surface area contributed by atoms with E-state index in [-0.39, 0.29) is 11.4 Å². The van der Waals surface area contributed by atoms with Gasteiger partial charge in [-0.05, 0) is 55.3 Å². The number of hydrogen-bond donors (Lipinski definition) is 1. The molecule has 5 nitrogen and oxygen atoms in total. The molecule has 0 unspecified atom stereocenters. The second-order valence-electron chi connectivity index (χ2n) is 5.25. The minimum absolute atomic E-state index is 0.121. The van der Waals surface area contributed by atoms with Gasteiger partial charge >= 0.3 is 0 Å². The number of benzene rings is 2. The van der Waals surface area contributed by atoms with Crippen LogP contribution >= 0.6 is 0 Å². The lowest BCUT2D eigenvalue weighted by Crippen LogP contribution is -2.23. The zero-order valence-electron chi connectivity index (χ0n) is 13.7. The van der Waals surface area contributed by atoms with Crippen LogP contribution in [0, 0.1) is 13.8 Å². The van der Waals surface area contributed by atoms with Gasteiger partial charge in [0.05, 0.1) is 19.1 Å². The molecule has 0 saturated heterocycles. The second-order valence-corrected chi connectivity index (χ2v) is 7.02. The fraction of sp³-hybridized carbons (Fsp3) is 0.294. The average molecular weight is 335 g/mol. The smallest absolute Gasteiger partial charge is 0.240 e. The number of nitrogens with one attached hydrogen (secondary N) is 1. The predicted molar refractivity (Wildman–Crippen MR) is 89.5 cm³/mol. The van der Waals surface area contributed by atoms with Crippen molar-refractivity contribution in [1.29, 1.82) is 0 Å². The van der Waals surface area contributed by atoms with E-state index in [1.165, 1.54) is 0 Å². The van der Waals surface area contributed by atoms with E-state index in [1.807, 2.05) is 13.8 Å². The molecule has 0 radical (unpaired) electrons. The molecule has 1 N–H and O–H groups in total. The lowest BCUT2D eigenvalue weighted by atomic mass is 10.1. The first-order chi connectivity index (χ1) is 10.9. The molecule has 0 spiro atoms. The maximum atomic E-state index is 12.4. The number of ether oxygens (including phenoxy) is 2. The van der Waals surface area contributed by atoms with Crippen molar-refractivity contribution in [3.05, 3.63) is 53.1 Å². The van der Waals surface area contributed by atoms with Gasteiger partial charge in [-0.2, -0.15) is 0 Å². The molecule has 23 heavy (non-hydrogen) atoms. The summed E-state index contributed by atoms with van der Waals surface area (Å²) in [6, 6.07) is 10.3. The van der Waals surface area contributed by atoms with Crippen molar-refractivity contribution < 1.29 is 17.9 Å². The summed E-state index contributed by atoms with van der Waals surface area (Å²) in [6.07, 6.45) is 0. The van der Waals surface area contributed by atoms with E-state index in [2.05, 4.69) is 4.72 Å². The lowest BCUT2D eigenvalue weighted by Gasteiger charge is -2.12. The molecule has 0 fully saturated rings. The Bertz CT molecular complexity index is 800. The summed E-state index contributed by atoms with van der Waals surface area (Å²) in [5.41, 5.74) is 2.70. The Balaban J connectivity index is 2.23. The molecule has 0 saturated carbocycles. The van der Waals surface area contributed by atoms with Gasteiger partial charge in [-0.25, -0.2) is 13.1 Å². The number of rotatable bonds is 6. The highest BCUT2D eigenvalue weighted by Gasteiger charge is 2.16. The van der Waals surface area contributed by atoms with Gasteiger partial charge < -0.3 is 9.47 Å². The van der Waals surface area contributed by atoms with Crippen LogP contribution in [0.15, 0.2) is 41.3 Å². The SMILES string of the molecule is COc1ccc(OC)c(CNS(=O)(=O)c2ccc(C)c(C)c2)c1. The average Bonchev–Trinajstić information content (AvgIpc) is 2.55. The summed E-state index contributed by atoms with van der Waals surface area (Å²) in [4.78, 5) is 0.252. The van der Waals surface area contributed by atoms with Crippen LogP contribution in [0.5, 0.6) is 11.5 Å². The highest BCUT2D eigenvalue weighted by molar-refractivity contribution is 7.89. The fourth-order valence-electron chi connectivity index (χ4n) is 2.16. The monoisotopic (exact) mass is 335 g/mol. The van der Waals surface area contributed by atoms with Crippen molar-refractivity contribution in [3.8, 4) is 11.5 Å². The molecular weight excluding hydrogens is 314 g/mol. The van der Waals surface area contributed by atoms with E-state index in [4.69, 9.17) is 9.47 Å². The summed E-state index contributed by atoms with van der Waals surface area (Å²) >= 11 is 0. The van der Waals surface area contributed by atoms with Gasteiger partial charge in [-0.1, -0.05) is 6.07 Å². The van der Waals surface area contributed by atoms with Crippen LogP contribution in [0.1, 0.15) is 16.7 Å². The Morgan fingerprint density at radius 2 is 1.70 bits per heavy atom. The number of methoxy groups -OCH3 is 2. The molecule has 0 amide bonds.